The Bertz CT molecular complexity index is 1340. The molecule has 6 heteroatoms. The first-order valence-corrected chi connectivity index (χ1v) is 11.5. The molecule has 1 unspecified atom stereocenters. The minimum Gasteiger partial charge on any atom is -0.507 e. The zero-order valence-corrected chi connectivity index (χ0v) is 20.9. The molecule has 1 aliphatic heterocycles. The number of aromatic nitrogens is 1. The third-order valence-electron chi connectivity index (χ3n) is 6.35. The molecule has 180 valence electrons. The van der Waals surface area contributed by atoms with Gasteiger partial charge in [0.15, 0.2) is 0 Å². The third kappa shape index (κ3) is 4.32. The molecule has 1 atom stereocenters. The number of benzene rings is 2. The molecule has 1 saturated heterocycles. The molecule has 0 bridgehead atoms. The van der Waals surface area contributed by atoms with Crippen molar-refractivity contribution in [3.05, 3.63) is 94.3 Å². The number of amides is 1. The molecule has 3 aromatic rings. The fourth-order valence-electron chi connectivity index (χ4n) is 4.51. The number of methoxy groups -OCH3 is 1. The Morgan fingerprint density at radius 3 is 2.43 bits per heavy atom. The van der Waals surface area contributed by atoms with Crippen LogP contribution < -0.4 is 9.64 Å². The van der Waals surface area contributed by atoms with Crippen LogP contribution in [0.4, 0.5) is 5.69 Å². The summed E-state index contributed by atoms with van der Waals surface area (Å²) in [5.74, 6) is -0.948. The zero-order chi connectivity index (χ0) is 25.5. The molecule has 1 amide bonds. The highest BCUT2D eigenvalue weighted by atomic mass is 16.5. The summed E-state index contributed by atoms with van der Waals surface area (Å²) in [5.41, 5.74) is 4.18. The summed E-state index contributed by atoms with van der Waals surface area (Å²) >= 11 is 0. The van der Waals surface area contributed by atoms with Crippen LogP contribution in [-0.2, 0) is 15.0 Å². The average Bonchev–Trinajstić information content (AvgIpc) is 3.10. The van der Waals surface area contributed by atoms with Crippen LogP contribution in [0, 0.1) is 13.8 Å². The molecule has 4 rings (SSSR count). The van der Waals surface area contributed by atoms with Gasteiger partial charge in [-0.1, -0.05) is 39.0 Å². The number of carbonyl (C=O) groups excluding carboxylic acids is 2. The number of ether oxygens (including phenoxy) is 1. The SMILES string of the molecule is COc1ccc(/C(O)=C2/C(=O)C(=O)N(c3cc(C)ccc3C)C2c2cccnc2)cc1C(C)(C)C. The summed E-state index contributed by atoms with van der Waals surface area (Å²) in [7, 11) is 1.60. The molecular weight excluding hydrogens is 440 g/mol. The van der Waals surface area contributed by atoms with Gasteiger partial charge in [-0.15, -0.1) is 0 Å². The van der Waals surface area contributed by atoms with Crippen molar-refractivity contribution in [1.29, 1.82) is 0 Å². The summed E-state index contributed by atoms with van der Waals surface area (Å²) in [6.45, 7) is 9.97. The summed E-state index contributed by atoms with van der Waals surface area (Å²) in [6, 6.07) is 13.8. The van der Waals surface area contributed by atoms with Crippen molar-refractivity contribution in [3.8, 4) is 5.75 Å². The predicted molar refractivity (Wildman–Crippen MR) is 137 cm³/mol. The molecule has 2 aromatic carbocycles. The summed E-state index contributed by atoms with van der Waals surface area (Å²) in [4.78, 5) is 32.5. The Morgan fingerprint density at radius 2 is 1.80 bits per heavy atom. The number of hydrogen-bond donors (Lipinski definition) is 1. The number of pyridine rings is 1. The number of aliphatic hydroxyl groups excluding tert-OH is 1. The number of anilines is 1. The summed E-state index contributed by atoms with van der Waals surface area (Å²) in [6.07, 6.45) is 3.25. The predicted octanol–water partition coefficient (Wildman–Crippen LogP) is 5.63. The van der Waals surface area contributed by atoms with Crippen LogP contribution in [-0.4, -0.2) is 28.9 Å². The maximum Gasteiger partial charge on any atom is 0.300 e. The number of rotatable bonds is 4. The normalized spacial score (nSPS) is 17.7. The fourth-order valence-corrected chi connectivity index (χ4v) is 4.51. The minimum atomic E-state index is -0.815. The number of ketones is 1. The van der Waals surface area contributed by atoms with E-state index in [1.165, 1.54) is 4.90 Å². The highest BCUT2D eigenvalue weighted by Crippen LogP contribution is 2.44. The topological polar surface area (TPSA) is 79.7 Å². The van der Waals surface area contributed by atoms with Crippen LogP contribution in [0.3, 0.4) is 0 Å². The third-order valence-corrected chi connectivity index (χ3v) is 6.35. The van der Waals surface area contributed by atoms with E-state index >= 15 is 0 Å². The lowest BCUT2D eigenvalue weighted by molar-refractivity contribution is -0.132. The lowest BCUT2D eigenvalue weighted by Gasteiger charge is -2.27. The molecule has 1 N–H and O–H groups in total. The van der Waals surface area contributed by atoms with Crippen LogP contribution >= 0.6 is 0 Å². The van der Waals surface area contributed by atoms with Crippen LogP contribution in [0.25, 0.3) is 5.76 Å². The van der Waals surface area contributed by atoms with Gasteiger partial charge < -0.3 is 9.84 Å². The Balaban J connectivity index is 1.98. The molecule has 0 saturated carbocycles. The molecule has 1 aromatic heterocycles. The number of nitrogens with zero attached hydrogens (tertiary/aromatic N) is 2. The molecule has 2 heterocycles. The Kier molecular flexibility index (Phi) is 6.24. The van der Waals surface area contributed by atoms with Crippen molar-refractivity contribution >= 4 is 23.1 Å². The molecule has 1 aliphatic rings. The smallest absolute Gasteiger partial charge is 0.300 e. The van der Waals surface area contributed by atoms with E-state index in [9.17, 15) is 14.7 Å². The maximum absolute atomic E-state index is 13.4. The average molecular weight is 471 g/mol. The maximum atomic E-state index is 13.4. The first-order chi connectivity index (χ1) is 16.5. The standard InChI is InChI=1S/C29H30N2O4/c1-17-9-10-18(2)22(14-17)31-25(20-8-7-13-30-16-20)24(27(33)28(31)34)26(32)19-11-12-23(35-6)21(15-19)29(3,4)5/h7-16,25,32H,1-6H3/b26-24-. The lowest BCUT2D eigenvalue weighted by atomic mass is 9.84. The number of Topliss-reactive ketones (excluding diaryl/α,β-unsaturated/α-hetero) is 1. The lowest BCUT2D eigenvalue weighted by Crippen LogP contribution is -2.30. The fraction of sp³-hybridized carbons (Fsp3) is 0.276. The molecule has 0 aliphatic carbocycles. The molecule has 0 spiro atoms. The van der Waals surface area contributed by atoms with Gasteiger partial charge in [-0.2, -0.15) is 0 Å². The van der Waals surface area contributed by atoms with Crippen molar-refractivity contribution in [2.75, 3.05) is 12.0 Å². The highest BCUT2D eigenvalue weighted by Gasteiger charge is 2.47. The number of hydrogen-bond acceptors (Lipinski definition) is 5. The first kappa shape index (κ1) is 24.2. The highest BCUT2D eigenvalue weighted by molar-refractivity contribution is 6.51. The van der Waals surface area contributed by atoms with Gasteiger partial charge in [0.25, 0.3) is 11.7 Å². The summed E-state index contributed by atoms with van der Waals surface area (Å²) in [5, 5.41) is 11.5. The van der Waals surface area contributed by atoms with E-state index in [1.807, 2.05) is 65.0 Å². The molecule has 6 nitrogen and oxygen atoms in total. The largest absolute Gasteiger partial charge is 0.507 e. The van der Waals surface area contributed by atoms with Gasteiger partial charge in [0.05, 0.1) is 18.7 Å². The van der Waals surface area contributed by atoms with Gasteiger partial charge in [-0.05, 0) is 66.3 Å². The van der Waals surface area contributed by atoms with Crippen LogP contribution in [0.5, 0.6) is 5.75 Å². The van der Waals surface area contributed by atoms with Gasteiger partial charge in [-0.3, -0.25) is 19.5 Å². The van der Waals surface area contributed by atoms with Gasteiger partial charge in [0.2, 0.25) is 0 Å². The van der Waals surface area contributed by atoms with E-state index in [-0.39, 0.29) is 16.7 Å². The number of aryl methyl sites for hydroxylation is 2. The van der Waals surface area contributed by atoms with Crippen molar-refractivity contribution in [2.24, 2.45) is 0 Å². The van der Waals surface area contributed by atoms with E-state index in [1.54, 1.807) is 37.7 Å². The van der Waals surface area contributed by atoms with E-state index in [4.69, 9.17) is 4.74 Å². The molecule has 35 heavy (non-hydrogen) atoms. The van der Waals surface area contributed by atoms with Gasteiger partial charge in [0.1, 0.15) is 11.5 Å². The second-order valence-electron chi connectivity index (χ2n) is 9.91. The van der Waals surface area contributed by atoms with Crippen LogP contribution in [0.1, 0.15) is 54.6 Å². The number of carbonyl (C=O) groups is 2. The van der Waals surface area contributed by atoms with Crippen molar-refractivity contribution in [3.63, 3.8) is 0 Å². The van der Waals surface area contributed by atoms with Crippen molar-refractivity contribution in [1.82, 2.24) is 4.98 Å². The minimum absolute atomic E-state index is 0.0360. The van der Waals surface area contributed by atoms with E-state index < -0.39 is 17.7 Å². The van der Waals surface area contributed by atoms with E-state index in [0.29, 0.717) is 22.6 Å². The zero-order valence-electron chi connectivity index (χ0n) is 20.9. The van der Waals surface area contributed by atoms with Crippen molar-refractivity contribution in [2.45, 2.75) is 46.1 Å². The first-order valence-electron chi connectivity index (χ1n) is 11.5. The quantitative estimate of drug-likeness (QED) is 0.304. The Labute approximate surface area is 205 Å². The van der Waals surface area contributed by atoms with Crippen LogP contribution in [0.2, 0.25) is 0 Å². The summed E-state index contributed by atoms with van der Waals surface area (Å²) < 4.78 is 5.52. The Hall–Kier alpha value is -3.93. The molecular formula is C29H30N2O4. The van der Waals surface area contributed by atoms with Gasteiger partial charge in [0, 0.05) is 29.2 Å². The second kappa shape index (κ2) is 9.02. The number of aliphatic hydroxyl groups is 1. The Morgan fingerprint density at radius 1 is 1.06 bits per heavy atom. The molecule has 1 fully saturated rings. The van der Waals surface area contributed by atoms with Crippen molar-refractivity contribution < 1.29 is 19.4 Å². The second-order valence-corrected chi connectivity index (χ2v) is 9.91. The van der Waals surface area contributed by atoms with Crippen LogP contribution in [0.15, 0.2) is 66.5 Å². The van der Waals surface area contributed by atoms with Gasteiger partial charge in [-0.25, -0.2) is 0 Å². The van der Waals surface area contributed by atoms with E-state index in [0.717, 1.165) is 16.7 Å². The van der Waals surface area contributed by atoms with E-state index in [2.05, 4.69) is 4.98 Å². The molecule has 0 radical (unpaired) electrons. The monoisotopic (exact) mass is 470 g/mol. The van der Waals surface area contributed by atoms with Gasteiger partial charge >= 0.3 is 0 Å².